The average molecular weight is 589 g/mol. The smallest absolute Gasteiger partial charge is 0.310 e. The van der Waals surface area contributed by atoms with E-state index in [4.69, 9.17) is 4.74 Å². The molecule has 0 saturated carbocycles. The SMILES string of the molecule is CC(C)(C(=O)O)[C@@H]1c2ccc3c(c2)CN(CC3)C(=O)c2c(F)cc(cc2F)OCCCCCCn2nnc3cc1ccc32. The summed E-state index contributed by atoms with van der Waals surface area (Å²) < 4.78 is 37.7. The number of carboxylic acid groups (broad SMARTS) is 1. The number of aromatic nitrogens is 3. The van der Waals surface area contributed by atoms with Crippen LogP contribution in [0.15, 0.2) is 48.5 Å². The van der Waals surface area contributed by atoms with Crippen LogP contribution in [-0.2, 0) is 24.3 Å². The summed E-state index contributed by atoms with van der Waals surface area (Å²) >= 11 is 0. The van der Waals surface area contributed by atoms with E-state index in [0.29, 0.717) is 38.1 Å². The predicted molar refractivity (Wildman–Crippen MR) is 156 cm³/mol. The first-order valence-corrected chi connectivity index (χ1v) is 14.7. The Kier molecular flexibility index (Phi) is 7.62. The monoisotopic (exact) mass is 588 g/mol. The van der Waals surface area contributed by atoms with Crippen molar-refractivity contribution in [2.24, 2.45) is 5.41 Å². The van der Waals surface area contributed by atoms with Gasteiger partial charge in [-0.2, -0.15) is 0 Å². The fraction of sp³-hybridized carbons (Fsp3) is 0.394. The molecular formula is C33H34F2N4O4. The van der Waals surface area contributed by atoms with Gasteiger partial charge in [0.2, 0.25) is 0 Å². The summed E-state index contributed by atoms with van der Waals surface area (Å²) in [5.74, 6) is -4.08. The molecule has 6 heterocycles. The fourth-order valence-electron chi connectivity index (χ4n) is 6.32. The van der Waals surface area contributed by atoms with Crippen molar-refractivity contribution in [3.63, 3.8) is 0 Å². The van der Waals surface area contributed by atoms with Gasteiger partial charge >= 0.3 is 5.97 Å². The number of halogens is 2. The zero-order valence-corrected chi connectivity index (χ0v) is 24.3. The lowest BCUT2D eigenvalue weighted by atomic mass is 9.70. The van der Waals surface area contributed by atoms with Gasteiger partial charge in [0.25, 0.3) is 5.91 Å². The molecule has 43 heavy (non-hydrogen) atoms. The van der Waals surface area contributed by atoms with E-state index < -0.39 is 40.4 Å². The van der Waals surface area contributed by atoms with Gasteiger partial charge in [0.05, 0.1) is 17.5 Å². The number of carboxylic acids is 1. The van der Waals surface area contributed by atoms with Gasteiger partial charge in [-0.1, -0.05) is 35.9 Å². The summed E-state index contributed by atoms with van der Waals surface area (Å²) in [7, 11) is 0. The van der Waals surface area contributed by atoms with Gasteiger partial charge in [0.15, 0.2) is 0 Å². The molecule has 0 fully saturated rings. The number of ether oxygens (including phenoxy) is 1. The molecule has 1 N–H and O–H groups in total. The van der Waals surface area contributed by atoms with Gasteiger partial charge in [-0.05, 0) is 73.9 Å². The molecule has 1 atom stereocenters. The number of carbonyl (C=O) groups is 2. The molecule has 4 aromatic rings. The van der Waals surface area contributed by atoms with Crippen molar-refractivity contribution < 1.29 is 28.2 Å². The van der Waals surface area contributed by atoms with E-state index in [-0.39, 0.29) is 12.3 Å². The highest BCUT2D eigenvalue weighted by Gasteiger charge is 2.40. The third-order valence-corrected chi connectivity index (χ3v) is 8.77. The number of nitrogens with zero attached hydrogens (tertiary/aromatic N) is 4. The van der Waals surface area contributed by atoms with Gasteiger partial charge in [-0.15, -0.1) is 5.10 Å². The molecule has 0 unspecified atom stereocenters. The molecule has 3 aromatic carbocycles. The molecule has 0 aliphatic carbocycles. The number of hydrogen-bond acceptors (Lipinski definition) is 5. The summed E-state index contributed by atoms with van der Waals surface area (Å²) in [5, 5.41) is 19.0. The number of hydrogen-bond donors (Lipinski definition) is 1. The second-order valence-corrected chi connectivity index (χ2v) is 12.1. The lowest BCUT2D eigenvalue weighted by Crippen LogP contribution is -2.37. The number of rotatable bonds is 2. The Hall–Kier alpha value is -4.34. The molecule has 0 spiro atoms. The van der Waals surface area contributed by atoms with E-state index in [1.165, 1.54) is 4.90 Å². The number of benzene rings is 3. The molecule has 0 saturated heterocycles. The van der Waals surface area contributed by atoms with Crippen LogP contribution >= 0.6 is 0 Å². The van der Waals surface area contributed by atoms with Gasteiger partial charge in [0.1, 0.15) is 28.5 Å². The van der Waals surface area contributed by atoms with Crippen molar-refractivity contribution in [2.45, 2.75) is 65.0 Å². The van der Waals surface area contributed by atoms with E-state index in [1.54, 1.807) is 13.8 Å². The maximum Gasteiger partial charge on any atom is 0.310 e. The molecule has 1 amide bonds. The number of aliphatic carboxylic acids is 1. The molecule has 5 aliphatic heterocycles. The van der Waals surface area contributed by atoms with Crippen LogP contribution in [0.1, 0.15) is 78.1 Å². The average Bonchev–Trinajstić information content (AvgIpc) is 3.37. The van der Waals surface area contributed by atoms with E-state index >= 15 is 8.78 Å². The van der Waals surface area contributed by atoms with Crippen molar-refractivity contribution in [3.8, 4) is 5.75 Å². The Balaban J connectivity index is 1.43. The van der Waals surface area contributed by atoms with Crippen LogP contribution in [0.5, 0.6) is 5.75 Å². The molecule has 0 radical (unpaired) electrons. The normalized spacial score (nSPS) is 18.0. The zero-order valence-electron chi connectivity index (χ0n) is 24.3. The second-order valence-electron chi connectivity index (χ2n) is 12.1. The van der Waals surface area contributed by atoms with Crippen molar-refractivity contribution in [3.05, 3.63) is 88.0 Å². The Bertz CT molecular complexity index is 1690. The summed E-state index contributed by atoms with van der Waals surface area (Å²) in [6, 6.07) is 13.8. The first kappa shape index (κ1) is 28.8. The molecule has 9 bridgehead atoms. The lowest BCUT2D eigenvalue weighted by molar-refractivity contribution is -0.147. The number of aryl methyl sites for hydroxylation is 1. The third kappa shape index (κ3) is 5.46. The quantitative estimate of drug-likeness (QED) is 0.304. The minimum absolute atomic E-state index is 0.0546. The standard InChI is InChI=1S/C33H34F2N4O4/c1-33(2,32(41)42)30-21-8-7-20-11-13-38(19-23(20)15-21)31(40)29-25(34)17-24(18-26(29)35)43-14-6-4-3-5-12-39-28-10-9-22(30)16-27(28)36-37-39/h7-10,15-18,30H,3-6,11-14,19H2,1-2H3,(H,41,42)/t30-/m1/s1. The van der Waals surface area contributed by atoms with E-state index in [2.05, 4.69) is 10.3 Å². The Morgan fingerprint density at radius 2 is 1.67 bits per heavy atom. The summed E-state index contributed by atoms with van der Waals surface area (Å²) in [6.07, 6.45) is 3.84. The minimum atomic E-state index is -1.19. The third-order valence-electron chi connectivity index (χ3n) is 8.77. The predicted octanol–water partition coefficient (Wildman–Crippen LogP) is 6.10. The van der Waals surface area contributed by atoms with Gasteiger partial charge in [-0.3, -0.25) is 9.59 Å². The highest BCUT2D eigenvalue weighted by Crippen LogP contribution is 2.43. The minimum Gasteiger partial charge on any atom is -0.493 e. The maximum atomic E-state index is 15.1. The van der Waals surface area contributed by atoms with Crippen LogP contribution in [0.4, 0.5) is 8.78 Å². The zero-order chi connectivity index (χ0) is 30.3. The van der Waals surface area contributed by atoms with Gasteiger partial charge < -0.3 is 14.7 Å². The van der Waals surface area contributed by atoms with E-state index in [0.717, 1.165) is 59.2 Å². The van der Waals surface area contributed by atoms with Crippen LogP contribution in [0.25, 0.3) is 11.0 Å². The second kappa shape index (κ2) is 11.4. The molecule has 5 aliphatic rings. The van der Waals surface area contributed by atoms with Crippen LogP contribution in [0.2, 0.25) is 0 Å². The molecule has 1 aromatic heterocycles. The Morgan fingerprint density at radius 3 is 2.44 bits per heavy atom. The van der Waals surface area contributed by atoms with E-state index in [1.807, 2.05) is 41.1 Å². The molecular weight excluding hydrogens is 554 g/mol. The van der Waals surface area contributed by atoms with Crippen LogP contribution in [0.3, 0.4) is 0 Å². The molecule has 9 rings (SSSR count). The van der Waals surface area contributed by atoms with Gasteiger partial charge in [-0.25, -0.2) is 13.5 Å². The van der Waals surface area contributed by atoms with Gasteiger partial charge in [0, 0.05) is 37.7 Å². The van der Waals surface area contributed by atoms with Crippen LogP contribution in [0, 0.1) is 17.0 Å². The summed E-state index contributed by atoms with van der Waals surface area (Å²) in [5.41, 5.74) is 3.16. The maximum absolute atomic E-state index is 15.1. The number of carbonyl (C=O) groups excluding carboxylic acids is 1. The fourth-order valence-corrected chi connectivity index (χ4v) is 6.32. The molecule has 10 heteroatoms. The van der Waals surface area contributed by atoms with Crippen LogP contribution < -0.4 is 4.74 Å². The van der Waals surface area contributed by atoms with Crippen molar-refractivity contribution in [2.75, 3.05) is 13.2 Å². The first-order chi connectivity index (χ1) is 20.6. The lowest BCUT2D eigenvalue weighted by Gasteiger charge is -2.34. The van der Waals surface area contributed by atoms with Crippen LogP contribution in [-0.4, -0.2) is 50.0 Å². The summed E-state index contributed by atoms with van der Waals surface area (Å²) in [6.45, 7) is 4.82. The summed E-state index contributed by atoms with van der Waals surface area (Å²) in [4.78, 5) is 27.4. The number of amides is 1. The largest absolute Gasteiger partial charge is 0.493 e. The Labute approximate surface area is 248 Å². The highest BCUT2D eigenvalue weighted by atomic mass is 19.1. The Morgan fingerprint density at radius 1 is 0.953 bits per heavy atom. The highest BCUT2D eigenvalue weighted by molar-refractivity contribution is 5.95. The van der Waals surface area contributed by atoms with Crippen molar-refractivity contribution in [1.29, 1.82) is 0 Å². The molecule has 224 valence electrons. The van der Waals surface area contributed by atoms with Crippen molar-refractivity contribution >= 4 is 22.9 Å². The first-order valence-electron chi connectivity index (χ1n) is 14.7. The molecule has 8 nitrogen and oxygen atoms in total. The van der Waals surface area contributed by atoms with Crippen molar-refractivity contribution in [1.82, 2.24) is 19.9 Å². The topological polar surface area (TPSA) is 97.6 Å². The van der Waals surface area contributed by atoms with E-state index in [9.17, 15) is 14.7 Å².